The molecule has 106 valence electrons. The number of amides is 1. The number of anilines is 1. The van der Waals surface area contributed by atoms with Gasteiger partial charge in [0.1, 0.15) is 5.69 Å². The third-order valence-corrected chi connectivity index (χ3v) is 4.00. The molecule has 1 aliphatic rings. The van der Waals surface area contributed by atoms with E-state index in [-0.39, 0.29) is 5.91 Å². The van der Waals surface area contributed by atoms with Crippen LogP contribution in [0.15, 0.2) is 24.3 Å². The Balaban J connectivity index is 1.72. The number of carbonyl (C=O) groups excluding carboxylic acids is 1. The van der Waals surface area contributed by atoms with Crippen LogP contribution in [0.4, 0.5) is 5.69 Å². The molecule has 0 aliphatic heterocycles. The summed E-state index contributed by atoms with van der Waals surface area (Å²) in [5.41, 5.74) is 7.03. The van der Waals surface area contributed by atoms with Gasteiger partial charge in [0.05, 0.1) is 5.60 Å². The maximum atomic E-state index is 12.1. The highest BCUT2D eigenvalue weighted by Crippen LogP contribution is 2.28. The van der Waals surface area contributed by atoms with Gasteiger partial charge >= 0.3 is 0 Å². The molecule has 3 rings (SSSR count). The van der Waals surface area contributed by atoms with Gasteiger partial charge in [-0.1, -0.05) is 12.8 Å². The van der Waals surface area contributed by atoms with Gasteiger partial charge in [0.25, 0.3) is 5.91 Å². The molecule has 5 N–H and O–H groups in total. The summed E-state index contributed by atoms with van der Waals surface area (Å²) in [5.74, 6) is -0.194. The number of fused-ring (bicyclic) bond motifs is 1. The van der Waals surface area contributed by atoms with Crippen LogP contribution in [-0.2, 0) is 0 Å². The lowest BCUT2D eigenvalue weighted by Crippen LogP contribution is -2.40. The molecule has 20 heavy (non-hydrogen) atoms. The summed E-state index contributed by atoms with van der Waals surface area (Å²) in [7, 11) is 0. The SMILES string of the molecule is Nc1ccc2[nH]c(C(=O)NCC3(O)CCCC3)cc2c1. The summed E-state index contributed by atoms with van der Waals surface area (Å²) in [6.07, 6.45) is 3.57. The van der Waals surface area contributed by atoms with Gasteiger partial charge in [-0.15, -0.1) is 0 Å². The summed E-state index contributed by atoms with van der Waals surface area (Å²) in [6, 6.07) is 7.25. The van der Waals surface area contributed by atoms with E-state index in [0.29, 0.717) is 17.9 Å². The second-order valence-electron chi connectivity index (χ2n) is 5.64. The molecule has 0 atom stereocenters. The van der Waals surface area contributed by atoms with E-state index in [4.69, 9.17) is 5.73 Å². The van der Waals surface area contributed by atoms with Crippen molar-refractivity contribution in [3.63, 3.8) is 0 Å². The Morgan fingerprint density at radius 1 is 1.35 bits per heavy atom. The van der Waals surface area contributed by atoms with Crippen LogP contribution >= 0.6 is 0 Å². The molecule has 5 heteroatoms. The topological polar surface area (TPSA) is 91.1 Å². The van der Waals surface area contributed by atoms with Crippen LogP contribution in [0.25, 0.3) is 10.9 Å². The number of H-pyrrole nitrogens is 1. The van der Waals surface area contributed by atoms with Crippen molar-refractivity contribution >= 4 is 22.5 Å². The van der Waals surface area contributed by atoms with Gasteiger partial charge in [0.2, 0.25) is 0 Å². The lowest BCUT2D eigenvalue weighted by molar-refractivity contribution is 0.0449. The summed E-state index contributed by atoms with van der Waals surface area (Å²) < 4.78 is 0. The number of nitrogens with one attached hydrogen (secondary N) is 2. The lowest BCUT2D eigenvalue weighted by Gasteiger charge is -2.22. The lowest BCUT2D eigenvalue weighted by atomic mass is 10.0. The van der Waals surface area contributed by atoms with Crippen LogP contribution in [0.2, 0.25) is 0 Å². The van der Waals surface area contributed by atoms with Crippen LogP contribution in [0.3, 0.4) is 0 Å². The average Bonchev–Trinajstić information content (AvgIpc) is 3.02. The fraction of sp³-hybridized carbons (Fsp3) is 0.400. The number of nitrogens with two attached hydrogens (primary N) is 1. The van der Waals surface area contributed by atoms with E-state index in [0.717, 1.165) is 36.6 Å². The van der Waals surface area contributed by atoms with Crippen molar-refractivity contribution in [2.75, 3.05) is 12.3 Å². The molecule has 0 radical (unpaired) electrons. The fourth-order valence-corrected chi connectivity index (χ4v) is 2.82. The van der Waals surface area contributed by atoms with Crippen molar-refractivity contribution < 1.29 is 9.90 Å². The highest BCUT2D eigenvalue weighted by molar-refractivity contribution is 5.98. The molecule has 1 saturated carbocycles. The van der Waals surface area contributed by atoms with Crippen LogP contribution in [0, 0.1) is 0 Å². The largest absolute Gasteiger partial charge is 0.399 e. The molecule has 0 saturated heterocycles. The van der Waals surface area contributed by atoms with E-state index in [1.807, 2.05) is 12.1 Å². The van der Waals surface area contributed by atoms with Crippen molar-refractivity contribution in [3.05, 3.63) is 30.0 Å². The smallest absolute Gasteiger partial charge is 0.267 e. The number of hydrogen-bond acceptors (Lipinski definition) is 3. The quantitative estimate of drug-likeness (QED) is 0.642. The number of hydrogen-bond donors (Lipinski definition) is 4. The molecule has 1 heterocycles. The van der Waals surface area contributed by atoms with Gasteiger partial charge in [0.15, 0.2) is 0 Å². The predicted octanol–water partition coefficient (Wildman–Crippen LogP) is 1.78. The van der Waals surface area contributed by atoms with Crippen LogP contribution in [-0.4, -0.2) is 28.1 Å². The summed E-state index contributed by atoms with van der Waals surface area (Å²) >= 11 is 0. The Morgan fingerprint density at radius 2 is 2.10 bits per heavy atom. The monoisotopic (exact) mass is 273 g/mol. The maximum Gasteiger partial charge on any atom is 0.267 e. The number of carbonyl (C=O) groups is 1. The van der Waals surface area contributed by atoms with E-state index in [9.17, 15) is 9.90 Å². The van der Waals surface area contributed by atoms with Gasteiger partial charge in [-0.3, -0.25) is 4.79 Å². The van der Waals surface area contributed by atoms with Crippen LogP contribution < -0.4 is 11.1 Å². The highest BCUT2D eigenvalue weighted by Gasteiger charge is 2.31. The third kappa shape index (κ3) is 2.49. The zero-order valence-electron chi connectivity index (χ0n) is 11.3. The average molecular weight is 273 g/mol. The first-order chi connectivity index (χ1) is 9.56. The van der Waals surface area contributed by atoms with Gasteiger partial charge < -0.3 is 21.1 Å². The Labute approximate surface area is 117 Å². The summed E-state index contributed by atoms with van der Waals surface area (Å²) in [5, 5.41) is 13.9. The molecular weight excluding hydrogens is 254 g/mol. The number of rotatable bonds is 3. The van der Waals surface area contributed by atoms with Crippen LogP contribution in [0.5, 0.6) is 0 Å². The minimum Gasteiger partial charge on any atom is -0.399 e. The minimum atomic E-state index is -0.730. The molecular formula is C15H19N3O2. The molecule has 0 bridgehead atoms. The third-order valence-electron chi connectivity index (χ3n) is 4.00. The second kappa shape index (κ2) is 4.83. The molecule has 0 unspecified atom stereocenters. The van der Waals surface area contributed by atoms with Crippen molar-refractivity contribution in [2.45, 2.75) is 31.3 Å². The fourth-order valence-electron chi connectivity index (χ4n) is 2.82. The van der Waals surface area contributed by atoms with Gasteiger partial charge in [-0.05, 0) is 37.1 Å². The van der Waals surface area contributed by atoms with Crippen molar-refractivity contribution in [3.8, 4) is 0 Å². The number of aromatic nitrogens is 1. The molecule has 1 fully saturated rings. The van der Waals surface area contributed by atoms with E-state index in [1.54, 1.807) is 12.1 Å². The molecule has 1 amide bonds. The molecule has 1 aromatic heterocycles. The summed E-state index contributed by atoms with van der Waals surface area (Å²) in [6.45, 7) is 0.309. The zero-order chi connectivity index (χ0) is 14.2. The number of aliphatic hydroxyl groups is 1. The van der Waals surface area contributed by atoms with Crippen LogP contribution in [0.1, 0.15) is 36.2 Å². The maximum absolute atomic E-state index is 12.1. The van der Waals surface area contributed by atoms with E-state index >= 15 is 0 Å². The Bertz CT molecular complexity index is 642. The molecule has 1 aliphatic carbocycles. The zero-order valence-corrected chi connectivity index (χ0v) is 11.3. The number of benzene rings is 1. The predicted molar refractivity (Wildman–Crippen MR) is 78.5 cm³/mol. The van der Waals surface area contributed by atoms with E-state index < -0.39 is 5.60 Å². The number of nitrogen functional groups attached to an aromatic ring is 1. The van der Waals surface area contributed by atoms with Crippen molar-refractivity contribution in [1.82, 2.24) is 10.3 Å². The Hall–Kier alpha value is -2.01. The van der Waals surface area contributed by atoms with Crippen molar-refractivity contribution in [2.24, 2.45) is 0 Å². The number of aromatic amines is 1. The molecule has 5 nitrogen and oxygen atoms in total. The summed E-state index contributed by atoms with van der Waals surface area (Å²) in [4.78, 5) is 15.2. The van der Waals surface area contributed by atoms with E-state index in [2.05, 4.69) is 10.3 Å². The van der Waals surface area contributed by atoms with Gasteiger partial charge in [-0.25, -0.2) is 0 Å². The minimum absolute atomic E-state index is 0.194. The molecule has 1 aromatic carbocycles. The Morgan fingerprint density at radius 3 is 2.85 bits per heavy atom. The standard InChI is InChI=1S/C15H19N3O2/c16-11-3-4-12-10(7-11)8-13(18-12)14(19)17-9-15(20)5-1-2-6-15/h3-4,7-8,18,20H,1-2,5-6,9,16H2,(H,17,19). The molecule has 0 spiro atoms. The van der Waals surface area contributed by atoms with Gasteiger partial charge in [-0.2, -0.15) is 0 Å². The highest BCUT2D eigenvalue weighted by atomic mass is 16.3. The van der Waals surface area contributed by atoms with E-state index in [1.165, 1.54) is 0 Å². The van der Waals surface area contributed by atoms with Crippen molar-refractivity contribution in [1.29, 1.82) is 0 Å². The normalized spacial score (nSPS) is 17.4. The first-order valence-electron chi connectivity index (χ1n) is 6.95. The Kier molecular flexibility index (Phi) is 3.14. The van der Waals surface area contributed by atoms with Gasteiger partial charge in [0, 0.05) is 23.1 Å². The first-order valence-corrected chi connectivity index (χ1v) is 6.95. The molecule has 2 aromatic rings. The second-order valence-corrected chi connectivity index (χ2v) is 5.64. The first kappa shape index (κ1) is 13.0.